The van der Waals surface area contributed by atoms with Gasteiger partial charge in [-0.25, -0.2) is 4.98 Å². The number of benzene rings is 1. The molecule has 172 valence electrons. The van der Waals surface area contributed by atoms with Crippen LogP contribution in [0.15, 0.2) is 54.2 Å². The summed E-state index contributed by atoms with van der Waals surface area (Å²) < 4.78 is 0. The van der Waals surface area contributed by atoms with Gasteiger partial charge in [0.15, 0.2) is 5.13 Å². The van der Waals surface area contributed by atoms with E-state index in [9.17, 15) is 9.59 Å². The summed E-state index contributed by atoms with van der Waals surface area (Å²) in [6, 6.07) is 11.1. The monoisotopic (exact) mass is 463 g/mol. The number of nitrogens with zero attached hydrogens (tertiary/aromatic N) is 3. The first kappa shape index (κ1) is 22.9. The summed E-state index contributed by atoms with van der Waals surface area (Å²) in [6.07, 6.45) is 9.03. The first-order chi connectivity index (χ1) is 16.1. The molecule has 0 aliphatic heterocycles. The second-order valence-corrected chi connectivity index (χ2v) is 9.20. The zero-order valence-electron chi connectivity index (χ0n) is 18.8. The van der Waals surface area contributed by atoms with Crippen molar-refractivity contribution in [1.82, 2.24) is 14.9 Å². The van der Waals surface area contributed by atoms with E-state index in [1.807, 2.05) is 36.7 Å². The van der Waals surface area contributed by atoms with E-state index in [1.54, 1.807) is 40.8 Å². The van der Waals surface area contributed by atoms with Gasteiger partial charge in [-0.1, -0.05) is 31.4 Å². The largest absolute Gasteiger partial charge is 0.365 e. The van der Waals surface area contributed by atoms with E-state index in [0.29, 0.717) is 23.7 Å². The lowest BCUT2D eigenvalue weighted by atomic mass is 9.89. The molecule has 0 radical (unpaired) electrons. The van der Waals surface area contributed by atoms with Crippen molar-refractivity contribution >= 4 is 34.0 Å². The molecule has 3 aromatic rings. The summed E-state index contributed by atoms with van der Waals surface area (Å²) in [4.78, 5) is 36.2. The van der Waals surface area contributed by atoms with E-state index in [1.165, 1.54) is 19.3 Å². The highest BCUT2D eigenvalue weighted by molar-refractivity contribution is 7.14. The summed E-state index contributed by atoms with van der Waals surface area (Å²) in [6.45, 7) is 0.612. The predicted octanol–water partition coefficient (Wildman–Crippen LogP) is 4.91. The highest BCUT2D eigenvalue weighted by atomic mass is 32.1. The fourth-order valence-electron chi connectivity index (χ4n) is 4.19. The van der Waals surface area contributed by atoms with E-state index >= 15 is 0 Å². The van der Waals surface area contributed by atoms with Crippen LogP contribution in [0.2, 0.25) is 0 Å². The lowest BCUT2D eigenvalue weighted by Gasteiger charge is -2.29. The minimum atomic E-state index is -0.207. The molecule has 0 atom stereocenters. The fraction of sp³-hybridized carbons (Fsp3) is 0.360. The van der Waals surface area contributed by atoms with Gasteiger partial charge >= 0.3 is 0 Å². The van der Waals surface area contributed by atoms with Crippen molar-refractivity contribution in [3.63, 3.8) is 0 Å². The SMILES string of the molecule is CNc1nc(-c2ccc(NC(=O)CN(CC3CCCCC3)C(=O)c3cccnc3)cc2)cs1. The zero-order valence-corrected chi connectivity index (χ0v) is 19.6. The Hall–Kier alpha value is -3.26. The standard InChI is InChI=1S/C25H29N5O2S/c1-26-25-29-22(17-33-25)19-9-11-21(12-10-19)28-23(31)16-30(15-18-6-3-2-4-7-18)24(32)20-8-5-13-27-14-20/h5,8-14,17-18H,2-4,6-7,15-16H2,1H3,(H,26,29)(H,28,31). The maximum absolute atomic E-state index is 13.1. The van der Waals surface area contributed by atoms with Gasteiger partial charge in [0.1, 0.15) is 6.54 Å². The summed E-state index contributed by atoms with van der Waals surface area (Å²) in [7, 11) is 1.85. The Morgan fingerprint density at radius 1 is 1.12 bits per heavy atom. The molecule has 1 saturated carbocycles. The van der Waals surface area contributed by atoms with Crippen molar-refractivity contribution in [1.29, 1.82) is 0 Å². The number of hydrogen-bond donors (Lipinski definition) is 2. The third-order valence-electron chi connectivity index (χ3n) is 5.92. The second-order valence-electron chi connectivity index (χ2n) is 8.34. The number of aromatic nitrogens is 2. The number of pyridine rings is 1. The number of nitrogens with one attached hydrogen (secondary N) is 2. The normalized spacial score (nSPS) is 14.0. The quantitative estimate of drug-likeness (QED) is 0.496. The van der Waals surface area contributed by atoms with Crippen LogP contribution in [0.3, 0.4) is 0 Å². The van der Waals surface area contributed by atoms with Crippen LogP contribution in [0.4, 0.5) is 10.8 Å². The van der Waals surface area contributed by atoms with Crippen molar-refractivity contribution in [2.24, 2.45) is 5.92 Å². The summed E-state index contributed by atoms with van der Waals surface area (Å²) >= 11 is 1.55. The van der Waals surface area contributed by atoms with Gasteiger partial charge in [0.25, 0.3) is 5.91 Å². The van der Waals surface area contributed by atoms with E-state index in [2.05, 4.69) is 20.6 Å². The third-order valence-corrected chi connectivity index (χ3v) is 6.78. The average Bonchev–Trinajstić information content (AvgIpc) is 3.34. The van der Waals surface area contributed by atoms with Crippen LogP contribution in [0.25, 0.3) is 11.3 Å². The first-order valence-corrected chi connectivity index (χ1v) is 12.2. The highest BCUT2D eigenvalue weighted by Crippen LogP contribution is 2.26. The Bertz CT molecular complexity index is 1060. The van der Waals surface area contributed by atoms with E-state index in [0.717, 1.165) is 29.2 Å². The zero-order chi connectivity index (χ0) is 23.0. The smallest absolute Gasteiger partial charge is 0.255 e. The Balaban J connectivity index is 1.41. The molecule has 4 rings (SSSR count). The topological polar surface area (TPSA) is 87.2 Å². The van der Waals surface area contributed by atoms with Gasteiger partial charge in [0.05, 0.1) is 11.3 Å². The minimum Gasteiger partial charge on any atom is -0.365 e. The number of rotatable bonds is 8. The maximum atomic E-state index is 13.1. The number of amides is 2. The number of carbonyl (C=O) groups excluding carboxylic acids is 2. The summed E-state index contributed by atoms with van der Waals surface area (Å²) in [5.41, 5.74) is 3.08. The fourth-order valence-corrected chi connectivity index (χ4v) is 4.87. The molecule has 1 aromatic carbocycles. The van der Waals surface area contributed by atoms with Crippen molar-refractivity contribution in [2.75, 3.05) is 30.8 Å². The molecular formula is C25H29N5O2S. The van der Waals surface area contributed by atoms with Crippen LogP contribution < -0.4 is 10.6 Å². The molecule has 2 N–H and O–H groups in total. The van der Waals surface area contributed by atoms with Crippen LogP contribution >= 0.6 is 11.3 Å². The molecular weight excluding hydrogens is 434 g/mol. The minimum absolute atomic E-state index is 0.0175. The van der Waals surface area contributed by atoms with Crippen LogP contribution in [-0.2, 0) is 4.79 Å². The lowest BCUT2D eigenvalue weighted by Crippen LogP contribution is -2.41. The van der Waals surface area contributed by atoms with Crippen molar-refractivity contribution in [3.8, 4) is 11.3 Å². The van der Waals surface area contributed by atoms with Gasteiger partial charge in [-0.05, 0) is 43.0 Å². The average molecular weight is 464 g/mol. The molecule has 0 saturated heterocycles. The molecule has 0 unspecified atom stereocenters. The van der Waals surface area contributed by atoms with Gasteiger partial charge in [0, 0.05) is 42.6 Å². The Morgan fingerprint density at radius 2 is 1.91 bits per heavy atom. The molecule has 1 aliphatic rings. The van der Waals surface area contributed by atoms with Gasteiger partial charge < -0.3 is 15.5 Å². The van der Waals surface area contributed by atoms with E-state index in [-0.39, 0.29) is 18.4 Å². The molecule has 1 fully saturated rings. The Morgan fingerprint density at radius 3 is 2.58 bits per heavy atom. The second kappa shape index (κ2) is 11.0. The summed E-state index contributed by atoms with van der Waals surface area (Å²) in [5.74, 6) is 0.0806. The molecule has 7 nitrogen and oxygen atoms in total. The Kier molecular flexibility index (Phi) is 7.67. The molecule has 2 amide bonds. The van der Waals surface area contributed by atoms with E-state index < -0.39 is 0 Å². The third kappa shape index (κ3) is 6.16. The van der Waals surface area contributed by atoms with Crippen molar-refractivity contribution in [2.45, 2.75) is 32.1 Å². The predicted molar refractivity (Wildman–Crippen MR) is 132 cm³/mol. The molecule has 2 aromatic heterocycles. The van der Waals surface area contributed by atoms with Crippen LogP contribution in [0.5, 0.6) is 0 Å². The van der Waals surface area contributed by atoms with Crippen molar-refractivity contribution < 1.29 is 9.59 Å². The number of hydrogen-bond acceptors (Lipinski definition) is 6. The van der Waals surface area contributed by atoms with Gasteiger partial charge in [-0.2, -0.15) is 0 Å². The Labute approximate surface area is 198 Å². The van der Waals surface area contributed by atoms with Gasteiger partial charge in [-0.15, -0.1) is 11.3 Å². The summed E-state index contributed by atoms with van der Waals surface area (Å²) in [5, 5.41) is 8.82. The lowest BCUT2D eigenvalue weighted by molar-refractivity contribution is -0.117. The molecule has 8 heteroatoms. The molecule has 2 heterocycles. The molecule has 0 spiro atoms. The highest BCUT2D eigenvalue weighted by Gasteiger charge is 2.24. The number of carbonyl (C=O) groups is 2. The maximum Gasteiger partial charge on any atom is 0.255 e. The van der Waals surface area contributed by atoms with Crippen molar-refractivity contribution in [3.05, 3.63) is 59.7 Å². The van der Waals surface area contributed by atoms with Gasteiger partial charge in [-0.3, -0.25) is 14.6 Å². The van der Waals surface area contributed by atoms with Crippen LogP contribution in [0, 0.1) is 5.92 Å². The number of thiazole rings is 1. The van der Waals surface area contributed by atoms with Gasteiger partial charge in [0.2, 0.25) is 5.91 Å². The molecule has 33 heavy (non-hydrogen) atoms. The first-order valence-electron chi connectivity index (χ1n) is 11.4. The number of anilines is 2. The molecule has 0 bridgehead atoms. The van der Waals surface area contributed by atoms with E-state index in [4.69, 9.17) is 0 Å². The van der Waals surface area contributed by atoms with Crippen LogP contribution in [-0.4, -0.2) is 46.8 Å². The molecule has 1 aliphatic carbocycles. The van der Waals surface area contributed by atoms with Crippen LogP contribution in [0.1, 0.15) is 42.5 Å².